The van der Waals surface area contributed by atoms with Crippen LogP contribution >= 0.6 is 11.6 Å². The second-order valence-electron chi connectivity index (χ2n) is 9.88. The highest BCUT2D eigenvalue weighted by molar-refractivity contribution is 6.31. The van der Waals surface area contributed by atoms with E-state index in [0.717, 1.165) is 28.3 Å². The number of benzene rings is 3. The van der Waals surface area contributed by atoms with Crippen LogP contribution in [0.4, 0.5) is 44.6 Å². The molecule has 2 heterocycles. The molecule has 0 radical (unpaired) electrons. The summed E-state index contributed by atoms with van der Waals surface area (Å²) in [5.74, 6) is 0. The molecule has 3 aromatic carbocycles. The Morgan fingerprint density at radius 2 is 1.38 bits per heavy atom. The number of anilines is 3. The maximum Gasteiger partial charge on any atom is 0.417 e. The smallest absolute Gasteiger partial charge is 0.417 e. The Morgan fingerprint density at radius 1 is 0.760 bits per heavy atom. The third-order valence-corrected chi connectivity index (χ3v) is 6.59. The summed E-state index contributed by atoms with van der Waals surface area (Å²) in [6.45, 7) is 1.85. The molecule has 11 nitrogen and oxygen atoms in total. The largest absolute Gasteiger partial charge is 0.465 e. The summed E-state index contributed by atoms with van der Waals surface area (Å²) >= 11 is 5.91. The van der Waals surface area contributed by atoms with Gasteiger partial charge in [-0.1, -0.05) is 54.1 Å². The Balaban J connectivity index is 0.000000239. The molecule has 262 valence electrons. The summed E-state index contributed by atoms with van der Waals surface area (Å²) in [7, 11) is 2.98. The molecule has 15 heteroatoms. The first kappa shape index (κ1) is 40.0. The van der Waals surface area contributed by atoms with E-state index in [1.807, 2.05) is 37.3 Å². The molecule has 0 aliphatic heterocycles. The molecule has 5 aromatic rings. The van der Waals surface area contributed by atoms with Crippen LogP contribution in [-0.2, 0) is 6.18 Å². The van der Waals surface area contributed by atoms with E-state index in [0.29, 0.717) is 27.8 Å². The molecule has 0 saturated heterocycles. The van der Waals surface area contributed by atoms with Gasteiger partial charge in [0.15, 0.2) is 0 Å². The molecule has 2 aromatic heterocycles. The van der Waals surface area contributed by atoms with Crippen molar-refractivity contribution in [3.05, 3.63) is 138 Å². The molecule has 50 heavy (non-hydrogen) atoms. The zero-order valence-corrected chi connectivity index (χ0v) is 27.7. The third-order valence-electron chi connectivity index (χ3n) is 6.35. The second kappa shape index (κ2) is 19.6. The summed E-state index contributed by atoms with van der Waals surface area (Å²) in [4.78, 5) is 41.5. The van der Waals surface area contributed by atoms with Gasteiger partial charge in [-0.2, -0.15) is 13.2 Å². The number of para-hydroxylation sites is 2. The zero-order chi connectivity index (χ0) is 37.3. The number of nitrogens with one attached hydrogen (secondary N) is 1. The van der Waals surface area contributed by atoms with Crippen LogP contribution in [0, 0.1) is 6.92 Å². The van der Waals surface area contributed by atoms with E-state index in [1.165, 1.54) is 31.3 Å². The van der Waals surface area contributed by atoms with Crippen LogP contribution in [0.3, 0.4) is 0 Å². The van der Waals surface area contributed by atoms with Gasteiger partial charge in [0.1, 0.15) is 0 Å². The molecule has 0 spiro atoms. The highest BCUT2D eigenvalue weighted by Crippen LogP contribution is 2.31. The third kappa shape index (κ3) is 13.5. The maximum atomic E-state index is 11.7. The van der Waals surface area contributed by atoms with E-state index in [1.54, 1.807) is 66.9 Å². The van der Waals surface area contributed by atoms with Gasteiger partial charge in [-0.3, -0.25) is 25.1 Å². The minimum atomic E-state index is -4.27. The van der Waals surface area contributed by atoms with Gasteiger partial charge in [0, 0.05) is 54.6 Å². The van der Waals surface area contributed by atoms with Gasteiger partial charge >= 0.3 is 24.5 Å². The van der Waals surface area contributed by atoms with Gasteiger partial charge in [-0.05, 0) is 73.2 Å². The predicted octanol–water partition coefficient (Wildman–Crippen LogP) is 9.50. The van der Waals surface area contributed by atoms with E-state index in [-0.39, 0.29) is 0 Å². The number of pyridine rings is 2. The molecule has 0 unspecified atom stereocenters. The first-order valence-electron chi connectivity index (χ1n) is 14.3. The van der Waals surface area contributed by atoms with Crippen LogP contribution in [0.25, 0.3) is 11.3 Å². The summed E-state index contributed by atoms with van der Waals surface area (Å²) in [5, 5.41) is 28.8. The predicted molar refractivity (Wildman–Crippen MR) is 186 cm³/mol. The molecular formula is C35H33ClF3N5O6. The zero-order valence-electron chi connectivity index (χ0n) is 26.9. The lowest BCUT2D eigenvalue weighted by Gasteiger charge is -2.17. The maximum absolute atomic E-state index is 11.7. The lowest BCUT2D eigenvalue weighted by atomic mass is 10.1. The molecule has 4 N–H and O–H groups in total. The lowest BCUT2D eigenvalue weighted by Crippen LogP contribution is -2.24. The number of carbonyl (C=O) groups is 3. The molecule has 0 fully saturated rings. The van der Waals surface area contributed by atoms with E-state index in [2.05, 4.69) is 15.3 Å². The van der Waals surface area contributed by atoms with Gasteiger partial charge in [-0.25, -0.2) is 14.4 Å². The van der Waals surface area contributed by atoms with Crippen molar-refractivity contribution >= 4 is 46.9 Å². The normalized spacial score (nSPS) is 9.98. The van der Waals surface area contributed by atoms with Crippen LogP contribution in [0.5, 0.6) is 0 Å². The fourth-order valence-electron chi connectivity index (χ4n) is 3.74. The van der Waals surface area contributed by atoms with Crippen molar-refractivity contribution in [2.75, 3.05) is 29.2 Å². The summed E-state index contributed by atoms with van der Waals surface area (Å²) in [6, 6.07) is 29.0. The van der Waals surface area contributed by atoms with Gasteiger partial charge in [0.2, 0.25) is 0 Å². The van der Waals surface area contributed by atoms with Crippen molar-refractivity contribution in [2.45, 2.75) is 13.1 Å². The van der Waals surface area contributed by atoms with Gasteiger partial charge in [-0.15, -0.1) is 0 Å². The number of hydrogen-bond acceptors (Lipinski definition) is 5. The number of nitrogens with zero attached hydrogens (tertiary/aromatic N) is 4. The fourth-order valence-corrected chi connectivity index (χ4v) is 3.91. The van der Waals surface area contributed by atoms with Gasteiger partial charge in [0.05, 0.1) is 16.9 Å². The number of rotatable bonds is 4. The number of amides is 3. The average Bonchev–Trinajstić information content (AvgIpc) is 3.10. The molecule has 5 rings (SSSR count). The fraction of sp³-hybridized carbons (Fsp3) is 0.114. The monoisotopic (exact) mass is 711 g/mol. The van der Waals surface area contributed by atoms with E-state index in [4.69, 9.17) is 26.9 Å². The van der Waals surface area contributed by atoms with E-state index >= 15 is 0 Å². The van der Waals surface area contributed by atoms with Crippen molar-refractivity contribution in [1.29, 1.82) is 0 Å². The van der Waals surface area contributed by atoms with Crippen molar-refractivity contribution < 1.29 is 42.9 Å². The Morgan fingerprint density at radius 3 is 1.88 bits per heavy atom. The van der Waals surface area contributed by atoms with Crippen molar-refractivity contribution in [3.8, 4) is 11.3 Å². The molecule has 0 aliphatic carbocycles. The molecule has 0 aliphatic rings. The minimum absolute atomic E-state index is 0.484. The first-order chi connectivity index (χ1) is 23.6. The van der Waals surface area contributed by atoms with E-state index in [9.17, 15) is 27.6 Å². The topological polar surface area (TPSA) is 156 Å². The van der Waals surface area contributed by atoms with Gasteiger partial charge < -0.3 is 15.3 Å². The Labute approximate surface area is 290 Å². The number of alkyl halides is 3. The van der Waals surface area contributed by atoms with Crippen LogP contribution in [-0.4, -0.2) is 57.7 Å². The number of aryl methyl sites for hydroxylation is 1. The number of aromatic nitrogens is 2. The van der Waals surface area contributed by atoms with Crippen LogP contribution < -0.4 is 15.1 Å². The standard InChI is InChI=1S/C13H11ClN2O2.2C8H9NO2.C6H4F3N/c1-16(13(17)18)12-8-9(14)5-6-10(12)11-4-2-3-7-15-11;1-9(8(10)11)7-5-3-2-4-6-7;1-6-4-2-3-5-7(6)9-8(10)11;7-6(8,9)5-2-1-3-10-4-5/h2-8H,1H3,(H,17,18);2-6H,1H3,(H,10,11);2-5,9H,1H3,(H,10,11);1-4H. The summed E-state index contributed by atoms with van der Waals surface area (Å²) in [6.07, 6.45) is -3.54. The quantitative estimate of drug-likeness (QED) is 0.144. The van der Waals surface area contributed by atoms with Crippen molar-refractivity contribution in [1.82, 2.24) is 9.97 Å². The SMILES string of the molecule is CN(C(=O)O)c1cc(Cl)ccc1-c1ccccn1.CN(C(=O)O)c1ccccc1.Cc1ccccc1NC(=O)O.FC(F)(F)c1cccnc1. The minimum Gasteiger partial charge on any atom is -0.465 e. The highest BCUT2D eigenvalue weighted by Gasteiger charge is 2.30. The number of carboxylic acid groups (broad SMARTS) is 3. The molecule has 3 amide bonds. The average molecular weight is 712 g/mol. The van der Waals surface area contributed by atoms with Crippen LogP contribution in [0.15, 0.2) is 122 Å². The highest BCUT2D eigenvalue weighted by atomic mass is 35.5. The van der Waals surface area contributed by atoms with Crippen LogP contribution in [0.1, 0.15) is 11.1 Å². The van der Waals surface area contributed by atoms with E-state index < -0.39 is 30.0 Å². The Kier molecular flexibility index (Phi) is 15.7. The molecule has 0 bridgehead atoms. The second-order valence-corrected chi connectivity index (χ2v) is 10.3. The Hall–Kier alpha value is -6.15. The molecule has 0 saturated carbocycles. The first-order valence-corrected chi connectivity index (χ1v) is 14.7. The molecule has 0 atom stereocenters. The summed E-state index contributed by atoms with van der Waals surface area (Å²) < 4.78 is 35.2. The lowest BCUT2D eigenvalue weighted by molar-refractivity contribution is -0.137. The number of halogens is 4. The summed E-state index contributed by atoms with van der Waals surface area (Å²) in [5.41, 5.74) is 3.47. The molecular weight excluding hydrogens is 679 g/mol. The Bertz CT molecular complexity index is 1820. The van der Waals surface area contributed by atoms with Crippen molar-refractivity contribution in [2.24, 2.45) is 0 Å². The van der Waals surface area contributed by atoms with Gasteiger partial charge in [0.25, 0.3) is 0 Å². The van der Waals surface area contributed by atoms with Crippen LogP contribution in [0.2, 0.25) is 5.02 Å². The van der Waals surface area contributed by atoms with Crippen molar-refractivity contribution in [3.63, 3.8) is 0 Å². The number of hydrogen-bond donors (Lipinski definition) is 4.